The molecule has 4 nitrogen and oxygen atoms in total. The number of carbonyl (C=O) groups is 1. The SMILES string of the molecule is CC(C)(C)C(=O)NC1CCn2cncc2C1. The van der Waals surface area contributed by atoms with Crippen LogP contribution in [0.2, 0.25) is 0 Å². The van der Waals surface area contributed by atoms with Crippen LogP contribution >= 0.6 is 0 Å². The van der Waals surface area contributed by atoms with Gasteiger partial charge < -0.3 is 9.88 Å². The number of imidazole rings is 1. The maximum Gasteiger partial charge on any atom is 0.225 e. The lowest BCUT2D eigenvalue weighted by molar-refractivity contribution is -0.129. The van der Waals surface area contributed by atoms with Crippen LogP contribution in [0.4, 0.5) is 0 Å². The van der Waals surface area contributed by atoms with Crippen molar-refractivity contribution in [3.63, 3.8) is 0 Å². The highest BCUT2D eigenvalue weighted by Crippen LogP contribution is 2.17. The molecule has 0 bridgehead atoms. The topological polar surface area (TPSA) is 46.9 Å². The summed E-state index contributed by atoms with van der Waals surface area (Å²) < 4.78 is 2.15. The molecular formula is C12H19N3O. The van der Waals surface area contributed by atoms with Gasteiger partial charge in [-0.2, -0.15) is 0 Å². The fraction of sp³-hybridized carbons (Fsp3) is 0.667. The molecule has 0 spiro atoms. The highest BCUT2D eigenvalue weighted by atomic mass is 16.2. The minimum atomic E-state index is -0.308. The lowest BCUT2D eigenvalue weighted by Crippen LogP contribution is -2.44. The Morgan fingerprint density at radius 3 is 3.00 bits per heavy atom. The predicted octanol–water partition coefficient (Wildman–Crippen LogP) is 1.36. The fourth-order valence-corrected chi connectivity index (χ4v) is 1.89. The Labute approximate surface area is 96.1 Å². The molecule has 1 unspecified atom stereocenters. The summed E-state index contributed by atoms with van der Waals surface area (Å²) in [6, 6.07) is 0.260. The number of hydrogen-bond donors (Lipinski definition) is 1. The molecule has 0 radical (unpaired) electrons. The van der Waals surface area contributed by atoms with Gasteiger partial charge in [-0.15, -0.1) is 0 Å². The van der Waals surface area contributed by atoms with Crippen LogP contribution in [0, 0.1) is 5.41 Å². The van der Waals surface area contributed by atoms with Crippen molar-refractivity contribution >= 4 is 5.91 Å². The van der Waals surface area contributed by atoms with E-state index in [1.165, 1.54) is 5.69 Å². The molecule has 1 aromatic heterocycles. The van der Waals surface area contributed by atoms with Crippen molar-refractivity contribution in [1.82, 2.24) is 14.9 Å². The summed E-state index contributed by atoms with van der Waals surface area (Å²) in [5, 5.41) is 3.11. The third kappa shape index (κ3) is 2.26. The molecule has 1 aromatic rings. The van der Waals surface area contributed by atoms with Crippen LogP contribution in [-0.2, 0) is 17.8 Å². The Morgan fingerprint density at radius 1 is 1.56 bits per heavy atom. The van der Waals surface area contributed by atoms with Crippen molar-refractivity contribution in [2.24, 2.45) is 5.41 Å². The molecule has 0 aliphatic carbocycles. The van der Waals surface area contributed by atoms with Gasteiger partial charge in [0.15, 0.2) is 0 Å². The monoisotopic (exact) mass is 221 g/mol. The highest BCUT2D eigenvalue weighted by Gasteiger charge is 2.26. The van der Waals surface area contributed by atoms with Gasteiger partial charge in [-0.1, -0.05) is 20.8 Å². The third-order valence-corrected chi connectivity index (χ3v) is 2.99. The minimum Gasteiger partial charge on any atom is -0.352 e. The summed E-state index contributed by atoms with van der Waals surface area (Å²) >= 11 is 0. The van der Waals surface area contributed by atoms with Crippen LogP contribution < -0.4 is 5.32 Å². The standard InChI is InChI=1S/C12H19N3O/c1-12(2,3)11(16)14-9-4-5-15-8-13-7-10(15)6-9/h7-9H,4-6H2,1-3H3,(H,14,16). The van der Waals surface area contributed by atoms with E-state index < -0.39 is 0 Å². The van der Waals surface area contributed by atoms with Crippen molar-refractivity contribution in [1.29, 1.82) is 0 Å². The van der Waals surface area contributed by atoms with Gasteiger partial charge in [0.1, 0.15) is 0 Å². The van der Waals surface area contributed by atoms with Crippen LogP contribution in [0.15, 0.2) is 12.5 Å². The van der Waals surface area contributed by atoms with Crippen LogP contribution in [0.5, 0.6) is 0 Å². The van der Waals surface area contributed by atoms with E-state index in [0.717, 1.165) is 19.4 Å². The highest BCUT2D eigenvalue weighted by molar-refractivity contribution is 5.81. The second kappa shape index (κ2) is 3.92. The molecular weight excluding hydrogens is 202 g/mol. The first-order chi connectivity index (χ1) is 7.47. The molecule has 88 valence electrons. The van der Waals surface area contributed by atoms with Crippen molar-refractivity contribution in [3.05, 3.63) is 18.2 Å². The summed E-state index contributed by atoms with van der Waals surface area (Å²) in [7, 11) is 0. The maximum absolute atomic E-state index is 11.8. The number of nitrogens with one attached hydrogen (secondary N) is 1. The van der Waals surface area contributed by atoms with E-state index in [2.05, 4.69) is 14.9 Å². The molecule has 0 fully saturated rings. The number of fused-ring (bicyclic) bond motifs is 1. The molecule has 0 aromatic carbocycles. The minimum absolute atomic E-state index is 0.130. The smallest absolute Gasteiger partial charge is 0.225 e. The summed E-state index contributed by atoms with van der Waals surface area (Å²) in [5.74, 6) is 0.130. The van der Waals surface area contributed by atoms with E-state index in [1.54, 1.807) is 0 Å². The van der Waals surface area contributed by atoms with Gasteiger partial charge >= 0.3 is 0 Å². The summed E-state index contributed by atoms with van der Waals surface area (Å²) in [6.45, 7) is 6.77. The molecule has 2 heterocycles. The molecule has 0 saturated heterocycles. The van der Waals surface area contributed by atoms with E-state index >= 15 is 0 Å². The van der Waals surface area contributed by atoms with Crippen LogP contribution in [-0.4, -0.2) is 21.5 Å². The molecule has 1 aliphatic rings. The molecule has 1 atom stereocenters. The molecule has 1 N–H and O–H groups in total. The van der Waals surface area contributed by atoms with E-state index in [-0.39, 0.29) is 17.4 Å². The summed E-state index contributed by atoms with van der Waals surface area (Å²) in [4.78, 5) is 16.0. The average Bonchev–Trinajstić information content (AvgIpc) is 2.63. The van der Waals surface area contributed by atoms with E-state index in [0.29, 0.717) is 0 Å². The third-order valence-electron chi connectivity index (χ3n) is 2.99. The summed E-state index contributed by atoms with van der Waals surface area (Å²) in [6.07, 6.45) is 5.62. The van der Waals surface area contributed by atoms with Gasteiger partial charge in [-0.3, -0.25) is 4.79 Å². The number of amides is 1. The molecule has 1 amide bonds. The van der Waals surface area contributed by atoms with Crippen molar-refractivity contribution < 1.29 is 4.79 Å². The second-order valence-corrected chi connectivity index (χ2v) is 5.49. The van der Waals surface area contributed by atoms with Gasteiger partial charge in [0, 0.05) is 36.3 Å². The Morgan fingerprint density at radius 2 is 2.31 bits per heavy atom. The van der Waals surface area contributed by atoms with Gasteiger partial charge in [-0.05, 0) is 6.42 Å². The lowest BCUT2D eigenvalue weighted by Gasteiger charge is -2.28. The number of carbonyl (C=O) groups excluding carboxylic acids is 1. The predicted molar refractivity (Wildman–Crippen MR) is 61.9 cm³/mol. The molecule has 4 heteroatoms. The number of rotatable bonds is 1. The maximum atomic E-state index is 11.8. The van der Waals surface area contributed by atoms with E-state index in [9.17, 15) is 4.79 Å². The number of aryl methyl sites for hydroxylation is 1. The van der Waals surface area contributed by atoms with Gasteiger partial charge in [0.05, 0.1) is 6.33 Å². The Bertz CT molecular complexity index is 389. The van der Waals surface area contributed by atoms with Crippen molar-refractivity contribution in [3.8, 4) is 0 Å². The Kier molecular flexibility index (Phi) is 2.74. The van der Waals surface area contributed by atoms with Gasteiger partial charge in [-0.25, -0.2) is 4.98 Å². The first-order valence-electron chi connectivity index (χ1n) is 5.77. The van der Waals surface area contributed by atoms with Crippen LogP contribution in [0.3, 0.4) is 0 Å². The number of hydrogen-bond acceptors (Lipinski definition) is 2. The van der Waals surface area contributed by atoms with Gasteiger partial charge in [0.2, 0.25) is 5.91 Å². The van der Waals surface area contributed by atoms with E-state index in [1.807, 2.05) is 33.3 Å². The number of aromatic nitrogens is 2. The zero-order chi connectivity index (χ0) is 11.8. The average molecular weight is 221 g/mol. The Balaban J connectivity index is 1.97. The largest absolute Gasteiger partial charge is 0.352 e. The fourth-order valence-electron chi connectivity index (χ4n) is 1.89. The van der Waals surface area contributed by atoms with E-state index in [4.69, 9.17) is 0 Å². The van der Waals surface area contributed by atoms with Crippen LogP contribution in [0.25, 0.3) is 0 Å². The summed E-state index contributed by atoms with van der Waals surface area (Å²) in [5.41, 5.74) is 0.906. The van der Waals surface area contributed by atoms with Gasteiger partial charge in [0.25, 0.3) is 0 Å². The lowest BCUT2D eigenvalue weighted by atomic mass is 9.94. The first-order valence-corrected chi connectivity index (χ1v) is 5.77. The van der Waals surface area contributed by atoms with Crippen molar-refractivity contribution in [2.45, 2.75) is 46.2 Å². The Hall–Kier alpha value is -1.32. The number of nitrogens with zero attached hydrogens (tertiary/aromatic N) is 2. The van der Waals surface area contributed by atoms with Crippen LogP contribution in [0.1, 0.15) is 32.9 Å². The molecule has 16 heavy (non-hydrogen) atoms. The quantitative estimate of drug-likeness (QED) is 0.778. The normalized spacial score (nSPS) is 20.3. The second-order valence-electron chi connectivity index (χ2n) is 5.49. The molecule has 1 aliphatic heterocycles. The zero-order valence-electron chi connectivity index (χ0n) is 10.2. The first kappa shape index (κ1) is 11.2. The molecule has 2 rings (SSSR count). The molecule has 0 saturated carbocycles. The van der Waals surface area contributed by atoms with Crippen molar-refractivity contribution in [2.75, 3.05) is 0 Å². The zero-order valence-corrected chi connectivity index (χ0v) is 10.2.